The molecule has 0 unspecified atom stereocenters. The summed E-state index contributed by atoms with van der Waals surface area (Å²) in [5, 5.41) is 14.4. The van der Waals surface area contributed by atoms with Gasteiger partial charge in [0.25, 0.3) is 0 Å². The molecule has 4 nitrogen and oxygen atoms in total. The largest absolute Gasteiger partial charge is 0.465 e. The number of fused-ring (bicyclic) bond motifs is 1. The smallest absolute Gasteiger partial charge is 0.337 e. The van der Waals surface area contributed by atoms with Crippen molar-refractivity contribution in [3.05, 3.63) is 57.6 Å². The SMILES string of the molecule is COC(=O)c1ccc2c(-c3ccsc3C#N)c(-c3cccs3)[nH]c2c1. The standard InChI is InChI=1S/C19H12N2O2S2/c1-23-19(22)11-4-5-12-14(9-11)21-18(15-3-2-7-24-15)17(12)13-6-8-25-16(13)10-20/h2-9,21H,1H3. The van der Waals surface area contributed by atoms with Crippen molar-refractivity contribution in [3.8, 4) is 27.8 Å². The Bertz CT molecular complexity index is 1110. The average Bonchev–Trinajstić information content (AvgIpc) is 3.37. The fourth-order valence-electron chi connectivity index (χ4n) is 2.92. The average molecular weight is 364 g/mol. The van der Waals surface area contributed by atoms with E-state index in [0.717, 1.165) is 32.6 Å². The molecule has 4 rings (SSSR count). The topological polar surface area (TPSA) is 65.9 Å². The monoisotopic (exact) mass is 364 g/mol. The molecule has 1 N–H and O–H groups in total. The molecule has 25 heavy (non-hydrogen) atoms. The number of nitriles is 1. The molecule has 0 saturated carbocycles. The Hall–Kier alpha value is -2.88. The lowest BCUT2D eigenvalue weighted by Gasteiger charge is -2.03. The van der Waals surface area contributed by atoms with E-state index in [-0.39, 0.29) is 5.97 Å². The molecule has 6 heteroatoms. The number of carbonyl (C=O) groups is 1. The maximum Gasteiger partial charge on any atom is 0.337 e. The molecule has 3 heterocycles. The molecule has 0 aliphatic carbocycles. The first-order chi connectivity index (χ1) is 12.2. The molecule has 0 bridgehead atoms. The van der Waals surface area contributed by atoms with Crippen molar-refractivity contribution in [2.45, 2.75) is 0 Å². The normalized spacial score (nSPS) is 10.7. The van der Waals surface area contributed by atoms with E-state index in [1.165, 1.54) is 18.4 Å². The Morgan fingerprint density at radius 3 is 2.80 bits per heavy atom. The van der Waals surface area contributed by atoms with Crippen LogP contribution in [-0.4, -0.2) is 18.1 Å². The van der Waals surface area contributed by atoms with Gasteiger partial charge >= 0.3 is 5.97 Å². The predicted octanol–water partition coefficient (Wildman–Crippen LogP) is 5.28. The first-order valence-corrected chi connectivity index (χ1v) is 9.24. The van der Waals surface area contributed by atoms with Crippen molar-refractivity contribution in [1.82, 2.24) is 4.98 Å². The summed E-state index contributed by atoms with van der Waals surface area (Å²) in [6, 6.07) is 13.7. The number of nitrogens with one attached hydrogen (secondary N) is 1. The second-order valence-corrected chi connectivity index (χ2v) is 7.24. The highest BCUT2D eigenvalue weighted by Gasteiger charge is 2.20. The van der Waals surface area contributed by atoms with Gasteiger partial charge in [-0.2, -0.15) is 5.26 Å². The summed E-state index contributed by atoms with van der Waals surface area (Å²) >= 11 is 3.06. The number of aromatic amines is 1. The van der Waals surface area contributed by atoms with Crippen molar-refractivity contribution in [2.75, 3.05) is 7.11 Å². The molecule has 0 spiro atoms. The van der Waals surface area contributed by atoms with Gasteiger partial charge in [0.2, 0.25) is 0 Å². The Morgan fingerprint density at radius 2 is 2.08 bits per heavy atom. The van der Waals surface area contributed by atoms with Crippen molar-refractivity contribution < 1.29 is 9.53 Å². The highest BCUT2D eigenvalue weighted by molar-refractivity contribution is 7.13. The first-order valence-electron chi connectivity index (χ1n) is 7.49. The number of aromatic nitrogens is 1. The van der Waals surface area contributed by atoms with Gasteiger partial charge in [0, 0.05) is 22.0 Å². The van der Waals surface area contributed by atoms with E-state index in [1.54, 1.807) is 23.5 Å². The van der Waals surface area contributed by atoms with Crippen LogP contribution >= 0.6 is 22.7 Å². The summed E-state index contributed by atoms with van der Waals surface area (Å²) in [6.07, 6.45) is 0. The van der Waals surface area contributed by atoms with Gasteiger partial charge in [-0.25, -0.2) is 4.79 Å². The maximum absolute atomic E-state index is 11.8. The number of thiophene rings is 2. The second kappa shape index (κ2) is 6.20. The molecule has 1 aromatic carbocycles. The van der Waals surface area contributed by atoms with Gasteiger partial charge in [-0.05, 0) is 35.0 Å². The zero-order chi connectivity index (χ0) is 17.4. The van der Waals surface area contributed by atoms with E-state index < -0.39 is 0 Å². The number of H-pyrrole nitrogens is 1. The van der Waals surface area contributed by atoms with E-state index >= 15 is 0 Å². The Labute approximate surface area is 151 Å². The molecule has 0 saturated heterocycles. The molecule has 0 aliphatic rings. The van der Waals surface area contributed by atoms with E-state index in [4.69, 9.17) is 4.74 Å². The highest BCUT2D eigenvalue weighted by atomic mass is 32.1. The molecule has 0 aliphatic heterocycles. The van der Waals surface area contributed by atoms with Crippen LogP contribution in [-0.2, 0) is 4.74 Å². The Morgan fingerprint density at radius 1 is 1.20 bits per heavy atom. The molecular formula is C19H12N2O2S2. The summed E-state index contributed by atoms with van der Waals surface area (Å²) in [5.74, 6) is -0.371. The summed E-state index contributed by atoms with van der Waals surface area (Å²) in [7, 11) is 1.37. The third-order valence-electron chi connectivity index (χ3n) is 4.02. The number of nitrogens with zero attached hydrogens (tertiary/aromatic N) is 1. The highest BCUT2D eigenvalue weighted by Crippen LogP contribution is 2.42. The molecule has 122 valence electrons. The number of esters is 1. The quantitative estimate of drug-likeness (QED) is 0.503. The third-order valence-corrected chi connectivity index (χ3v) is 5.73. The minimum atomic E-state index is -0.371. The van der Waals surface area contributed by atoms with Gasteiger partial charge in [-0.15, -0.1) is 22.7 Å². The number of methoxy groups -OCH3 is 1. The summed E-state index contributed by atoms with van der Waals surface area (Å²) in [4.78, 5) is 17.0. The van der Waals surface area contributed by atoms with Crippen LogP contribution in [0, 0.1) is 11.3 Å². The van der Waals surface area contributed by atoms with Crippen LogP contribution in [0.25, 0.3) is 32.6 Å². The minimum Gasteiger partial charge on any atom is -0.465 e. The fraction of sp³-hybridized carbons (Fsp3) is 0.0526. The molecule has 0 radical (unpaired) electrons. The molecular weight excluding hydrogens is 352 g/mol. The fourth-order valence-corrected chi connectivity index (χ4v) is 4.34. The lowest BCUT2D eigenvalue weighted by molar-refractivity contribution is 0.0601. The van der Waals surface area contributed by atoms with Gasteiger partial charge in [-0.1, -0.05) is 12.1 Å². The summed E-state index contributed by atoms with van der Waals surface area (Å²) in [6.45, 7) is 0. The summed E-state index contributed by atoms with van der Waals surface area (Å²) in [5.41, 5.74) is 4.20. The van der Waals surface area contributed by atoms with Crippen LogP contribution in [0.2, 0.25) is 0 Å². The number of ether oxygens (including phenoxy) is 1. The van der Waals surface area contributed by atoms with Gasteiger partial charge in [0.1, 0.15) is 10.9 Å². The molecule has 0 atom stereocenters. The van der Waals surface area contributed by atoms with Crippen molar-refractivity contribution in [3.63, 3.8) is 0 Å². The Kier molecular flexibility index (Phi) is 3.88. The third kappa shape index (κ3) is 2.54. The molecule has 0 fully saturated rings. The molecule has 4 aromatic rings. The van der Waals surface area contributed by atoms with Crippen molar-refractivity contribution in [1.29, 1.82) is 5.26 Å². The number of hydrogen-bond acceptors (Lipinski definition) is 5. The maximum atomic E-state index is 11.8. The lowest BCUT2D eigenvalue weighted by Crippen LogP contribution is -2.00. The van der Waals surface area contributed by atoms with E-state index in [9.17, 15) is 10.1 Å². The number of hydrogen-bond donors (Lipinski definition) is 1. The van der Waals surface area contributed by atoms with E-state index in [0.29, 0.717) is 10.4 Å². The van der Waals surface area contributed by atoms with Crippen LogP contribution in [0.15, 0.2) is 47.2 Å². The lowest BCUT2D eigenvalue weighted by atomic mass is 10.0. The number of benzene rings is 1. The first kappa shape index (κ1) is 15.6. The second-order valence-electron chi connectivity index (χ2n) is 5.38. The minimum absolute atomic E-state index is 0.371. The predicted molar refractivity (Wildman–Crippen MR) is 101 cm³/mol. The van der Waals surface area contributed by atoms with E-state index in [1.807, 2.05) is 35.0 Å². The zero-order valence-corrected chi connectivity index (χ0v) is 14.8. The van der Waals surface area contributed by atoms with E-state index in [2.05, 4.69) is 11.1 Å². The van der Waals surface area contributed by atoms with Crippen LogP contribution in [0.3, 0.4) is 0 Å². The van der Waals surface area contributed by atoms with Gasteiger partial charge in [0.05, 0.1) is 23.2 Å². The number of carbonyl (C=O) groups excluding carboxylic acids is 1. The van der Waals surface area contributed by atoms with Crippen LogP contribution < -0.4 is 0 Å². The van der Waals surface area contributed by atoms with Gasteiger partial charge in [0.15, 0.2) is 0 Å². The zero-order valence-electron chi connectivity index (χ0n) is 13.2. The Balaban J connectivity index is 2.03. The molecule has 3 aromatic heterocycles. The van der Waals surface area contributed by atoms with Crippen molar-refractivity contribution >= 4 is 39.5 Å². The molecule has 0 amide bonds. The summed E-state index contributed by atoms with van der Waals surface area (Å²) < 4.78 is 4.81. The number of rotatable bonds is 3. The van der Waals surface area contributed by atoms with Crippen LogP contribution in [0.1, 0.15) is 15.2 Å². The van der Waals surface area contributed by atoms with Crippen LogP contribution in [0.4, 0.5) is 0 Å². The van der Waals surface area contributed by atoms with Crippen LogP contribution in [0.5, 0.6) is 0 Å². The van der Waals surface area contributed by atoms with Gasteiger partial charge < -0.3 is 9.72 Å². The van der Waals surface area contributed by atoms with Gasteiger partial charge in [-0.3, -0.25) is 0 Å². The van der Waals surface area contributed by atoms with Crippen molar-refractivity contribution in [2.24, 2.45) is 0 Å².